The molecule has 11 nitrogen and oxygen atoms in total. The normalized spacial score (nSPS) is 15.1. The van der Waals surface area contributed by atoms with E-state index < -0.39 is 30.3 Å². The van der Waals surface area contributed by atoms with Crippen molar-refractivity contribution in [3.8, 4) is 0 Å². The van der Waals surface area contributed by atoms with Crippen LogP contribution in [0.1, 0.15) is 79.6 Å². The summed E-state index contributed by atoms with van der Waals surface area (Å²) in [5.41, 5.74) is 4.43. The van der Waals surface area contributed by atoms with Crippen LogP contribution in [0.5, 0.6) is 0 Å². The Morgan fingerprint density at radius 3 is 2.17 bits per heavy atom. The van der Waals surface area contributed by atoms with Crippen molar-refractivity contribution in [3.05, 3.63) is 104 Å². The number of ether oxygens (including phenoxy) is 1. The van der Waals surface area contributed by atoms with Crippen molar-refractivity contribution in [1.29, 1.82) is 0 Å². The standard InChI is InChI=1S/C39H50N6O5S2/c1-25(2)35(44-38(48)45(31-15-16-31)21-30-23-51-37(42-30)26(3)4)36(47)41-29(17-27-11-7-5-8-12-27)19-34(46)33(18-28-13-9-6-10-14-28)43-39(49)50-22-32-20-40-24-52-32/h5-14,20,23-26,29,31,33-35,46H,15-19,21-22H2,1-4H3,(H,41,47)(H,43,49)(H,44,48)/t29-,33-,34-,35?/m0/s1. The Kier molecular flexibility index (Phi) is 14.2. The maximum Gasteiger partial charge on any atom is 0.407 e. The third-order valence-corrected chi connectivity index (χ3v) is 10.9. The molecule has 13 heteroatoms. The van der Waals surface area contributed by atoms with Crippen LogP contribution in [0.25, 0.3) is 0 Å². The quantitative estimate of drug-likeness (QED) is 0.0918. The lowest BCUT2D eigenvalue weighted by atomic mass is 9.93. The molecule has 278 valence electrons. The highest BCUT2D eigenvalue weighted by Gasteiger charge is 2.36. The molecule has 4 amide bonds. The minimum Gasteiger partial charge on any atom is -0.444 e. The molecule has 1 fully saturated rings. The molecule has 0 bridgehead atoms. The van der Waals surface area contributed by atoms with Gasteiger partial charge in [0, 0.05) is 29.6 Å². The molecular formula is C39H50N6O5S2. The second-order valence-corrected chi connectivity index (χ2v) is 15.9. The van der Waals surface area contributed by atoms with Gasteiger partial charge in [-0.2, -0.15) is 0 Å². The van der Waals surface area contributed by atoms with Gasteiger partial charge in [-0.1, -0.05) is 88.4 Å². The Morgan fingerprint density at radius 2 is 1.60 bits per heavy atom. The number of aliphatic hydroxyl groups is 1. The van der Waals surface area contributed by atoms with Gasteiger partial charge >= 0.3 is 12.1 Å². The summed E-state index contributed by atoms with van der Waals surface area (Å²) < 4.78 is 5.45. The van der Waals surface area contributed by atoms with E-state index in [4.69, 9.17) is 9.72 Å². The largest absolute Gasteiger partial charge is 0.444 e. The second kappa shape index (κ2) is 19.0. The molecule has 1 unspecified atom stereocenters. The highest BCUT2D eigenvalue weighted by Crippen LogP contribution is 2.29. The van der Waals surface area contributed by atoms with Crippen LogP contribution in [-0.4, -0.2) is 68.3 Å². The zero-order valence-corrected chi connectivity index (χ0v) is 31.9. The number of hydrogen-bond acceptors (Lipinski definition) is 9. The second-order valence-electron chi connectivity index (χ2n) is 14.0. The topological polar surface area (TPSA) is 146 Å². The van der Waals surface area contributed by atoms with Gasteiger partial charge in [-0.25, -0.2) is 14.6 Å². The van der Waals surface area contributed by atoms with Gasteiger partial charge < -0.3 is 30.7 Å². The first-order valence-corrected chi connectivity index (χ1v) is 19.7. The van der Waals surface area contributed by atoms with E-state index in [-0.39, 0.29) is 36.9 Å². The molecule has 0 aliphatic heterocycles. The lowest BCUT2D eigenvalue weighted by molar-refractivity contribution is -0.124. The molecule has 0 radical (unpaired) electrons. The maximum absolute atomic E-state index is 14.1. The summed E-state index contributed by atoms with van der Waals surface area (Å²) in [5.74, 6) is -0.231. The van der Waals surface area contributed by atoms with Gasteiger partial charge in [0.2, 0.25) is 5.91 Å². The first kappa shape index (κ1) is 38.9. The number of hydrogen-bond donors (Lipinski definition) is 4. The molecule has 1 saturated carbocycles. The summed E-state index contributed by atoms with van der Waals surface area (Å²) in [6, 6.07) is 17.1. The number of urea groups is 1. The third kappa shape index (κ3) is 11.9. The fourth-order valence-electron chi connectivity index (χ4n) is 5.97. The average Bonchev–Trinajstić information content (AvgIpc) is 3.60. The number of rotatable bonds is 18. The van der Waals surface area contributed by atoms with Crippen LogP contribution >= 0.6 is 22.7 Å². The van der Waals surface area contributed by atoms with E-state index in [1.54, 1.807) is 27.9 Å². The van der Waals surface area contributed by atoms with Crippen LogP contribution < -0.4 is 16.0 Å². The number of carbonyl (C=O) groups is 3. The number of amides is 4. The summed E-state index contributed by atoms with van der Waals surface area (Å²) in [6.07, 6.45) is 2.71. The van der Waals surface area contributed by atoms with E-state index in [9.17, 15) is 19.5 Å². The first-order chi connectivity index (χ1) is 25.0. The Balaban J connectivity index is 1.29. The van der Waals surface area contributed by atoms with Gasteiger partial charge in [0.05, 0.1) is 39.8 Å². The minimum atomic E-state index is -1.04. The molecule has 52 heavy (non-hydrogen) atoms. The summed E-state index contributed by atoms with van der Waals surface area (Å²) in [4.78, 5) is 52.1. The summed E-state index contributed by atoms with van der Waals surface area (Å²) in [7, 11) is 0. The number of nitrogens with zero attached hydrogens (tertiary/aromatic N) is 3. The van der Waals surface area contributed by atoms with Gasteiger partial charge in [0.1, 0.15) is 12.6 Å². The molecular weight excluding hydrogens is 697 g/mol. The lowest BCUT2D eigenvalue weighted by Gasteiger charge is -2.31. The lowest BCUT2D eigenvalue weighted by Crippen LogP contribution is -2.56. The molecule has 1 aliphatic rings. The third-order valence-electron chi connectivity index (χ3n) is 8.96. The zero-order valence-electron chi connectivity index (χ0n) is 30.2. The van der Waals surface area contributed by atoms with Crippen LogP contribution in [-0.2, 0) is 35.5 Å². The molecule has 4 atom stereocenters. The average molecular weight is 747 g/mol. The highest BCUT2D eigenvalue weighted by atomic mass is 32.1. The van der Waals surface area contributed by atoms with Crippen LogP contribution in [0.3, 0.4) is 0 Å². The van der Waals surface area contributed by atoms with Gasteiger partial charge in [-0.05, 0) is 49.1 Å². The first-order valence-electron chi connectivity index (χ1n) is 17.9. The highest BCUT2D eigenvalue weighted by molar-refractivity contribution is 7.09. The number of aliphatic hydroxyl groups excluding tert-OH is 1. The van der Waals surface area contributed by atoms with E-state index >= 15 is 0 Å². The zero-order chi connectivity index (χ0) is 37.0. The van der Waals surface area contributed by atoms with Crippen molar-refractivity contribution in [1.82, 2.24) is 30.8 Å². The van der Waals surface area contributed by atoms with Gasteiger partial charge in [-0.15, -0.1) is 22.7 Å². The number of carbonyl (C=O) groups excluding carboxylic acids is 3. The predicted molar refractivity (Wildman–Crippen MR) is 204 cm³/mol. The summed E-state index contributed by atoms with van der Waals surface area (Å²) in [6.45, 7) is 8.46. The molecule has 0 saturated heterocycles. The van der Waals surface area contributed by atoms with Crippen molar-refractivity contribution < 1.29 is 24.2 Å². The van der Waals surface area contributed by atoms with Crippen molar-refractivity contribution in [2.24, 2.45) is 5.92 Å². The van der Waals surface area contributed by atoms with Gasteiger partial charge in [0.25, 0.3) is 0 Å². The summed E-state index contributed by atoms with van der Waals surface area (Å²) in [5, 5.41) is 23.8. The minimum absolute atomic E-state index is 0.0700. The van der Waals surface area contributed by atoms with E-state index in [2.05, 4.69) is 34.8 Å². The van der Waals surface area contributed by atoms with Crippen LogP contribution in [0.2, 0.25) is 0 Å². The molecule has 4 N–H and O–H groups in total. The van der Waals surface area contributed by atoms with E-state index in [1.165, 1.54) is 11.3 Å². The molecule has 5 rings (SSSR count). The monoisotopic (exact) mass is 746 g/mol. The SMILES string of the molecule is CC(C)c1nc(CN(C(=O)NC(C(=O)N[C@@H](Cc2ccccc2)C[C@H](O)[C@H](Cc2ccccc2)NC(=O)OCc2cncs2)C(C)C)C2CC2)cs1. The van der Waals surface area contributed by atoms with Crippen molar-refractivity contribution in [2.75, 3.05) is 0 Å². The molecule has 1 aliphatic carbocycles. The number of aromatic nitrogens is 2. The molecule has 4 aromatic rings. The number of alkyl carbamates (subject to hydrolysis) is 1. The van der Waals surface area contributed by atoms with Crippen molar-refractivity contribution in [3.63, 3.8) is 0 Å². The number of nitrogens with one attached hydrogen (secondary N) is 3. The van der Waals surface area contributed by atoms with E-state index in [0.717, 1.165) is 39.5 Å². The smallest absolute Gasteiger partial charge is 0.407 e. The Hall–Kier alpha value is -4.33. The van der Waals surface area contributed by atoms with Crippen LogP contribution in [0.15, 0.2) is 77.8 Å². The van der Waals surface area contributed by atoms with E-state index in [0.29, 0.717) is 25.3 Å². The van der Waals surface area contributed by atoms with Crippen molar-refractivity contribution in [2.45, 2.75) is 109 Å². The molecule has 0 spiro atoms. The predicted octanol–water partition coefficient (Wildman–Crippen LogP) is 6.44. The number of thiazole rings is 2. The van der Waals surface area contributed by atoms with Gasteiger partial charge in [0.15, 0.2) is 0 Å². The maximum atomic E-state index is 14.1. The fourth-order valence-corrected chi connectivity index (χ4v) is 7.30. The molecule has 2 heterocycles. The fraction of sp³-hybridized carbons (Fsp3) is 0.462. The Labute approximate surface area is 314 Å². The number of benzene rings is 2. The van der Waals surface area contributed by atoms with Crippen LogP contribution in [0.4, 0.5) is 9.59 Å². The molecule has 2 aromatic heterocycles. The Bertz CT molecular complexity index is 1700. The van der Waals surface area contributed by atoms with E-state index in [1.807, 2.05) is 79.9 Å². The molecule has 2 aromatic carbocycles. The Morgan fingerprint density at radius 1 is 0.923 bits per heavy atom. The van der Waals surface area contributed by atoms with Gasteiger partial charge in [-0.3, -0.25) is 9.78 Å². The van der Waals surface area contributed by atoms with Crippen LogP contribution in [0, 0.1) is 5.92 Å². The summed E-state index contributed by atoms with van der Waals surface area (Å²) >= 11 is 2.99. The van der Waals surface area contributed by atoms with Crippen molar-refractivity contribution >= 4 is 40.7 Å².